The van der Waals surface area contributed by atoms with E-state index in [4.69, 9.17) is 0 Å². The molecule has 1 aromatic rings. The predicted molar refractivity (Wildman–Crippen MR) is 69.8 cm³/mol. The van der Waals surface area contributed by atoms with Gasteiger partial charge in [0, 0.05) is 25.2 Å². The van der Waals surface area contributed by atoms with Crippen LogP contribution in [0.4, 0.5) is 11.4 Å². The van der Waals surface area contributed by atoms with E-state index in [9.17, 15) is 14.9 Å². The minimum absolute atomic E-state index is 0.0496. The lowest BCUT2D eigenvalue weighted by Crippen LogP contribution is -2.25. The highest BCUT2D eigenvalue weighted by Crippen LogP contribution is 2.22. The summed E-state index contributed by atoms with van der Waals surface area (Å²) in [5.74, 6) is 0.0496. The van der Waals surface area contributed by atoms with Crippen LogP contribution in [-0.2, 0) is 4.79 Å². The summed E-state index contributed by atoms with van der Waals surface area (Å²) in [7, 11) is 0. The number of nitrogens with zero attached hydrogens (tertiary/aromatic N) is 2. The number of amides is 1. The van der Waals surface area contributed by atoms with Crippen LogP contribution in [0.2, 0.25) is 0 Å². The number of hydrogen-bond donors (Lipinski definition) is 2. The Kier molecular flexibility index (Phi) is 4.27. The number of carbonyl (C=O) groups is 1. The molecule has 1 fully saturated rings. The van der Waals surface area contributed by atoms with Gasteiger partial charge in [0.2, 0.25) is 5.91 Å². The molecular weight excluding hydrogens is 248 g/mol. The van der Waals surface area contributed by atoms with Gasteiger partial charge < -0.3 is 10.6 Å². The van der Waals surface area contributed by atoms with Crippen LogP contribution in [0, 0.1) is 10.1 Å². The number of pyridine rings is 1. The third kappa shape index (κ3) is 4.20. The van der Waals surface area contributed by atoms with Crippen LogP contribution in [0.1, 0.15) is 25.7 Å². The number of aromatic nitrogens is 1. The summed E-state index contributed by atoms with van der Waals surface area (Å²) < 4.78 is 0. The number of nitro groups is 1. The molecule has 7 heteroatoms. The summed E-state index contributed by atoms with van der Waals surface area (Å²) in [5, 5.41) is 16.6. The molecule has 1 saturated carbocycles. The van der Waals surface area contributed by atoms with E-state index in [0.29, 0.717) is 31.1 Å². The molecule has 0 radical (unpaired) electrons. The number of hydrogen-bond acceptors (Lipinski definition) is 5. The molecule has 1 heterocycles. The smallest absolute Gasteiger partial charge is 0.310 e. The summed E-state index contributed by atoms with van der Waals surface area (Å²) in [6.45, 7) is 0.517. The van der Waals surface area contributed by atoms with E-state index < -0.39 is 4.92 Å². The predicted octanol–water partition coefficient (Wildman–Crippen LogP) is 1.46. The fraction of sp³-hybridized carbons (Fsp3) is 0.500. The maximum absolute atomic E-state index is 11.4. The molecule has 1 aromatic heterocycles. The molecule has 0 unspecified atom stereocenters. The molecule has 7 nitrogen and oxygen atoms in total. The van der Waals surface area contributed by atoms with Crippen molar-refractivity contribution in [3.05, 3.63) is 28.6 Å². The van der Waals surface area contributed by atoms with Crippen LogP contribution in [0.25, 0.3) is 0 Å². The van der Waals surface area contributed by atoms with Gasteiger partial charge in [-0.05, 0) is 25.3 Å². The molecule has 0 aromatic carbocycles. The van der Waals surface area contributed by atoms with Crippen molar-refractivity contribution in [1.29, 1.82) is 0 Å². The fourth-order valence-corrected chi connectivity index (χ4v) is 1.68. The van der Waals surface area contributed by atoms with Crippen molar-refractivity contribution >= 4 is 17.3 Å². The second kappa shape index (κ2) is 6.12. The Morgan fingerprint density at radius 3 is 3.00 bits per heavy atom. The number of nitrogens with one attached hydrogen (secondary N) is 2. The van der Waals surface area contributed by atoms with E-state index in [2.05, 4.69) is 15.6 Å². The normalized spacial score (nSPS) is 13.9. The summed E-state index contributed by atoms with van der Waals surface area (Å²) in [5.41, 5.74) is 0.382. The van der Waals surface area contributed by atoms with Gasteiger partial charge in [-0.1, -0.05) is 0 Å². The van der Waals surface area contributed by atoms with Gasteiger partial charge in [0.25, 0.3) is 0 Å². The van der Waals surface area contributed by atoms with Crippen molar-refractivity contribution in [1.82, 2.24) is 10.3 Å². The van der Waals surface area contributed by atoms with Gasteiger partial charge in [0.15, 0.2) is 0 Å². The molecular formula is C12H16N4O3. The van der Waals surface area contributed by atoms with Crippen LogP contribution in [-0.4, -0.2) is 28.4 Å². The van der Waals surface area contributed by atoms with Crippen LogP contribution in [0.15, 0.2) is 18.5 Å². The maximum Gasteiger partial charge on any atom is 0.310 e. The Morgan fingerprint density at radius 2 is 2.32 bits per heavy atom. The molecule has 0 aliphatic heterocycles. The van der Waals surface area contributed by atoms with E-state index in [1.54, 1.807) is 6.07 Å². The topological polar surface area (TPSA) is 97.2 Å². The van der Waals surface area contributed by atoms with Crippen molar-refractivity contribution in [2.24, 2.45) is 0 Å². The van der Waals surface area contributed by atoms with Gasteiger partial charge in [-0.25, -0.2) is 0 Å². The maximum atomic E-state index is 11.4. The zero-order chi connectivity index (χ0) is 13.7. The Morgan fingerprint density at radius 1 is 1.53 bits per heavy atom. The van der Waals surface area contributed by atoms with Crippen LogP contribution in [0.3, 0.4) is 0 Å². The summed E-state index contributed by atoms with van der Waals surface area (Å²) in [6.07, 6.45) is 5.93. The van der Waals surface area contributed by atoms with E-state index in [-0.39, 0.29) is 11.6 Å². The first kappa shape index (κ1) is 13.3. The monoisotopic (exact) mass is 264 g/mol. The number of anilines is 1. The quantitative estimate of drug-likeness (QED) is 0.441. The van der Waals surface area contributed by atoms with Gasteiger partial charge in [-0.2, -0.15) is 0 Å². The summed E-state index contributed by atoms with van der Waals surface area (Å²) in [4.78, 5) is 25.4. The standard InChI is InChI=1S/C12H16N4O3/c17-12(15-9-3-4-9)2-1-6-14-10-5-7-13-8-11(10)16(18)19/h5,7-9H,1-4,6H2,(H,13,14)(H,15,17). The lowest BCUT2D eigenvalue weighted by atomic mass is 10.2. The lowest BCUT2D eigenvalue weighted by Gasteiger charge is -2.06. The Bertz CT molecular complexity index is 474. The molecule has 0 spiro atoms. The number of carbonyl (C=O) groups excluding carboxylic acids is 1. The molecule has 2 rings (SSSR count). The van der Waals surface area contributed by atoms with Crippen LogP contribution in [0.5, 0.6) is 0 Å². The third-order valence-electron chi connectivity index (χ3n) is 2.84. The van der Waals surface area contributed by atoms with Gasteiger partial charge in [-0.15, -0.1) is 0 Å². The molecule has 1 aliphatic rings. The molecule has 1 amide bonds. The highest BCUT2D eigenvalue weighted by molar-refractivity contribution is 5.76. The minimum Gasteiger partial charge on any atom is -0.379 e. The fourth-order valence-electron chi connectivity index (χ4n) is 1.68. The second-order valence-electron chi connectivity index (χ2n) is 4.52. The molecule has 0 saturated heterocycles. The molecule has 0 bridgehead atoms. The Labute approximate surface area is 110 Å². The van der Waals surface area contributed by atoms with E-state index >= 15 is 0 Å². The van der Waals surface area contributed by atoms with Crippen molar-refractivity contribution in [3.8, 4) is 0 Å². The molecule has 0 atom stereocenters. The van der Waals surface area contributed by atoms with Gasteiger partial charge in [0.1, 0.15) is 11.9 Å². The van der Waals surface area contributed by atoms with Crippen molar-refractivity contribution in [2.75, 3.05) is 11.9 Å². The average molecular weight is 264 g/mol. The summed E-state index contributed by atoms with van der Waals surface area (Å²) >= 11 is 0. The van der Waals surface area contributed by atoms with E-state index in [1.165, 1.54) is 12.4 Å². The van der Waals surface area contributed by atoms with Gasteiger partial charge in [-0.3, -0.25) is 19.9 Å². The zero-order valence-electron chi connectivity index (χ0n) is 10.5. The van der Waals surface area contributed by atoms with Crippen LogP contribution >= 0.6 is 0 Å². The average Bonchev–Trinajstić information content (AvgIpc) is 3.19. The Balaban J connectivity index is 1.72. The van der Waals surface area contributed by atoms with Gasteiger partial charge in [0.05, 0.1) is 4.92 Å². The third-order valence-corrected chi connectivity index (χ3v) is 2.84. The first-order valence-corrected chi connectivity index (χ1v) is 6.28. The molecule has 19 heavy (non-hydrogen) atoms. The number of rotatable bonds is 7. The summed E-state index contributed by atoms with van der Waals surface area (Å²) in [6, 6.07) is 1.93. The first-order chi connectivity index (χ1) is 9.16. The second-order valence-corrected chi connectivity index (χ2v) is 4.52. The van der Waals surface area contributed by atoms with Gasteiger partial charge >= 0.3 is 5.69 Å². The van der Waals surface area contributed by atoms with Crippen molar-refractivity contribution < 1.29 is 9.72 Å². The van der Waals surface area contributed by atoms with E-state index in [1.807, 2.05) is 0 Å². The van der Waals surface area contributed by atoms with Crippen molar-refractivity contribution in [3.63, 3.8) is 0 Å². The Hall–Kier alpha value is -2.18. The molecule has 1 aliphatic carbocycles. The first-order valence-electron chi connectivity index (χ1n) is 6.28. The van der Waals surface area contributed by atoms with Crippen molar-refractivity contribution in [2.45, 2.75) is 31.7 Å². The minimum atomic E-state index is -0.477. The molecule has 2 N–H and O–H groups in total. The molecule has 102 valence electrons. The largest absolute Gasteiger partial charge is 0.379 e. The lowest BCUT2D eigenvalue weighted by molar-refractivity contribution is -0.384. The SMILES string of the molecule is O=C(CCCNc1ccncc1[N+](=O)[O-])NC1CC1. The van der Waals surface area contributed by atoms with E-state index in [0.717, 1.165) is 12.8 Å². The highest BCUT2D eigenvalue weighted by atomic mass is 16.6. The zero-order valence-corrected chi connectivity index (χ0v) is 10.5. The van der Waals surface area contributed by atoms with Crippen LogP contribution < -0.4 is 10.6 Å². The highest BCUT2D eigenvalue weighted by Gasteiger charge is 2.22.